The Morgan fingerprint density at radius 2 is 1.90 bits per heavy atom. The van der Waals surface area contributed by atoms with Gasteiger partial charge < -0.3 is 5.32 Å². The zero-order chi connectivity index (χ0) is 15.2. The molecule has 0 spiro atoms. The highest BCUT2D eigenvalue weighted by Gasteiger charge is 2.10. The Labute approximate surface area is 134 Å². The Morgan fingerprint density at radius 3 is 2.52 bits per heavy atom. The molecule has 0 saturated heterocycles. The van der Waals surface area contributed by atoms with Gasteiger partial charge in [-0.05, 0) is 50.2 Å². The van der Waals surface area contributed by atoms with Gasteiger partial charge in [-0.25, -0.2) is 4.39 Å². The normalized spacial score (nSPS) is 12.4. The average molecular weight is 324 g/mol. The quantitative estimate of drug-likeness (QED) is 0.773. The van der Waals surface area contributed by atoms with E-state index in [2.05, 4.69) is 36.5 Å². The van der Waals surface area contributed by atoms with Crippen LogP contribution in [0.5, 0.6) is 0 Å². The van der Waals surface area contributed by atoms with Crippen LogP contribution in [-0.4, -0.2) is 18.8 Å². The van der Waals surface area contributed by atoms with E-state index in [1.807, 2.05) is 13.1 Å². The second-order valence-electron chi connectivity index (χ2n) is 5.06. The number of hydrogen-bond donors (Lipinski definition) is 1. The van der Waals surface area contributed by atoms with Crippen LogP contribution in [0.25, 0.3) is 0 Å². The van der Waals surface area contributed by atoms with E-state index in [4.69, 9.17) is 11.6 Å². The lowest BCUT2D eigenvalue weighted by Crippen LogP contribution is -2.30. The third kappa shape index (κ3) is 5.03. The highest BCUT2D eigenvalue weighted by atomic mass is 35.5. The topological polar surface area (TPSA) is 12.0 Å². The molecule has 2 rings (SSSR count). The molecule has 1 unspecified atom stereocenters. The van der Waals surface area contributed by atoms with E-state index >= 15 is 0 Å². The summed E-state index contributed by atoms with van der Waals surface area (Å²) in [5.74, 6) is 0.583. The van der Waals surface area contributed by atoms with Crippen molar-refractivity contribution in [1.82, 2.24) is 5.32 Å². The zero-order valence-corrected chi connectivity index (χ0v) is 13.8. The van der Waals surface area contributed by atoms with E-state index in [1.54, 1.807) is 17.8 Å². The maximum Gasteiger partial charge on any atom is 0.142 e. The van der Waals surface area contributed by atoms with Crippen molar-refractivity contribution in [3.8, 4) is 0 Å². The fraction of sp³-hybridized carbons (Fsp3) is 0.294. The molecule has 0 aromatic heterocycles. The van der Waals surface area contributed by atoms with Gasteiger partial charge in [-0.15, -0.1) is 11.8 Å². The summed E-state index contributed by atoms with van der Waals surface area (Å²) in [5, 5.41) is 3.46. The second kappa shape index (κ2) is 7.83. The summed E-state index contributed by atoms with van der Waals surface area (Å²) in [7, 11) is 1.94. The van der Waals surface area contributed by atoms with Gasteiger partial charge in [-0.2, -0.15) is 0 Å². The summed E-state index contributed by atoms with van der Waals surface area (Å²) in [6, 6.07) is 13.8. The van der Waals surface area contributed by atoms with Crippen molar-refractivity contribution in [2.24, 2.45) is 0 Å². The maximum atomic E-state index is 13.5. The molecule has 0 bridgehead atoms. The number of hydrogen-bond acceptors (Lipinski definition) is 2. The lowest BCUT2D eigenvalue weighted by atomic mass is 10.1. The summed E-state index contributed by atoms with van der Waals surface area (Å²) in [6.45, 7) is 2.08. The molecule has 1 nitrogen and oxygen atoms in total. The van der Waals surface area contributed by atoms with Crippen LogP contribution in [-0.2, 0) is 6.42 Å². The predicted octanol–water partition coefficient (Wildman–Crippen LogP) is 4.71. The number of benzene rings is 2. The van der Waals surface area contributed by atoms with Crippen LogP contribution in [0, 0.1) is 12.7 Å². The van der Waals surface area contributed by atoms with Crippen LogP contribution in [0.1, 0.15) is 11.1 Å². The summed E-state index contributed by atoms with van der Waals surface area (Å²) in [5.41, 5.74) is 2.22. The van der Waals surface area contributed by atoms with E-state index in [-0.39, 0.29) is 16.9 Å². The highest BCUT2D eigenvalue weighted by Crippen LogP contribution is 2.21. The monoisotopic (exact) mass is 323 g/mol. The molecule has 0 amide bonds. The first-order valence-corrected chi connectivity index (χ1v) is 8.25. The molecule has 0 aliphatic carbocycles. The third-order valence-electron chi connectivity index (χ3n) is 3.35. The van der Waals surface area contributed by atoms with E-state index < -0.39 is 0 Å². The summed E-state index contributed by atoms with van der Waals surface area (Å²) < 4.78 is 13.5. The highest BCUT2D eigenvalue weighted by molar-refractivity contribution is 7.99. The second-order valence-corrected chi connectivity index (χ2v) is 6.56. The number of likely N-dealkylation sites (N-methyl/N-ethyl adjacent to an activating group) is 1. The summed E-state index contributed by atoms with van der Waals surface area (Å²) >= 11 is 7.52. The van der Waals surface area contributed by atoms with E-state index in [0.717, 1.165) is 17.7 Å². The van der Waals surface area contributed by atoms with Gasteiger partial charge >= 0.3 is 0 Å². The molecule has 0 radical (unpaired) electrons. The van der Waals surface area contributed by atoms with Gasteiger partial charge in [0.1, 0.15) is 5.82 Å². The molecule has 0 heterocycles. The Morgan fingerprint density at radius 1 is 1.19 bits per heavy atom. The van der Waals surface area contributed by atoms with Crippen molar-refractivity contribution in [2.45, 2.75) is 24.3 Å². The van der Waals surface area contributed by atoms with Gasteiger partial charge in [0.05, 0.1) is 5.02 Å². The van der Waals surface area contributed by atoms with Crippen LogP contribution < -0.4 is 5.32 Å². The molecule has 0 aliphatic rings. The van der Waals surface area contributed by atoms with Crippen molar-refractivity contribution in [3.05, 3.63) is 64.4 Å². The van der Waals surface area contributed by atoms with E-state index in [1.165, 1.54) is 16.5 Å². The minimum Gasteiger partial charge on any atom is -0.316 e. The summed E-state index contributed by atoms with van der Waals surface area (Å²) in [4.78, 5) is 1.25. The van der Waals surface area contributed by atoms with Gasteiger partial charge in [0, 0.05) is 16.7 Å². The van der Waals surface area contributed by atoms with Crippen LogP contribution in [0.15, 0.2) is 47.4 Å². The fourth-order valence-electron chi connectivity index (χ4n) is 2.03. The number of nitrogens with one attached hydrogen (secondary N) is 1. The van der Waals surface area contributed by atoms with Crippen LogP contribution in [0.4, 0.5) is 4.39 Å². The van der Waals surface area contributed by atoms with E-state index in [9.17, 15) is 4.39 Å². The minimum atomic E-state index is -0.352. The minimum absolute atomic E-state index is 0.175. The first kappa shape index (κ1) is 16.3. The number of thioether (sulfide) groups is 1. The van der Waals surface area contributed by atoms with Crippen molar-refractivity contribution in [2.75, 3.05) is 12.8 Å². The van der Waals surface area contributed by atoms with Crippen LogP contribution in [0.3, 0.4) is 0 Å². The Hall–Kier alpha value is -1.03. The molecule has 0 saturated carbocycles. The van der Waals surface area contributed by atoms with E-state index in [0.29, 0.717) is 0 Å². The number of aryl methyl sites for hydroxylation is 1. The Bertz CT molecular complexity index is 586. The molecular formula is C17H19ClFNS. The van der Waals surface area contributed by atoms with Crippen LogP contribution in [0.2, 0.25) is 5.02 Å². The van der Waals surface area contributed by atoms with Crippen molar-refractivity contribution in [1.29, 1.82) is 0 Å². The van der Waals surface area contributed by atoms with Gasteiger partial charge in [0.15, 0.2) is 0 Å². The van der Waals surface area contributed by atoms with Crippen molar-refractivity contribution in [3.63, 3.8) is 0 Å². The lowest BCUT2D eigenvalue weighted by Gasteiger charge is -2.16. The zero-order valence-electron chi connectivity index (χ0n) is 12.2. The van der Waals surface area contributed by atoms with Gasteiger partial charge in [0.25, 0.3) is 0 Å². The standard InChI is InChI=1S/C17H19ClFNS/c1-12-3-6-15(7-4-12)21-11-14(20-2)9-13-5-8-16(18)17(19)10-13/h3-8,10,14,20H,9,11H2,1-2H3. The fourth-order valence-corrected chi connectivity index (χ4v) is 3.15. The molecule has 21 heavy (non-hydrogen) atoms. The number of halogens is 2. The molecule has 2 aromatic carbocycles. The summed E-state index contributed by atoms with van der Waals surface area (Å²) in [6.07, 6.45) is 0.781. The third-order valence-corrected chi connectivity index (χ3v) is 4.83. The Balaban J connectivity index is 1.93. The van der Waals surface area contributed by atoms with Crippen molar-refractivity contribution < 1.29 is 4.39 Å². The molecule has 1 N–H and O–H groups in total. The average Bonchev–Trinajstić information content (AvgIpc) is 2.49. The first-order chi connectivity index (χ1) is 10.1. The maximum absolute atomic E-state index is 13.5. The largest absolute Gasteiger partial charge is 0.316 e. The van der Waals surface area contributed by atoms with Gasteiger partial charge in [-0.3, -0.25) is 0 Å². The Kier molecular flexibility index (Phi) is 6.09. The van der Waals surface area contributed by atoms with Crippen molar-refractivity contribution >= 4 is 23.4 Å². The molecule has 112 valence electrons. The molecular weight excluding hydrogens is 305 g/mol. The first-order valence-electron chi connectivity index (χ1n) is 6.89. The number of rotatable bonds is 6. The molecule has 2 aromatic rings. The molecule has 0 aliphatic heterocycles. The molecule has 0 fully saturated rings. The van der Waals surface area contributed by atoms with Gasteiger partial charge in [0.2, 0.25) is 0 Å². The smallest absolute Gasteiger partial charge is 0.142 e. The predicted molar refractivity (Wildman–Crippen MR) is 89.9 cm³/mol. The molecule has 4 heteroatoms. The molecule has 1 atom stereocenters. The van der Waals surface area contributed by atoms with Crippen LogP contribution >= 0.6 is 23.4 Å². The lowest BCUT2D eigenvalue weighted by molar-refractivity contribution is 0.603. The SMILES string of the molecule is CNC(CSc1ccc(C)cc1)Cc1ccc(Cl)c(F)c1. The van der Waals surface area contributed by atoms with Gasteiger partial charge in [-0.1, -0.05) is 35.4 Å².